The van der Waals surface area contributed by atoms with Crippen LogP contribution in [0.3, 0.4) is 0 Å². The molecule has 9 heteroatoms. The van der Waals surface area contributed by atoms with E-state index in [0.29, 0.717) is 34.4 Å². The zero-order chi connectivity index (χ0) is 27.1. The van der Waals surface area contributed by atoms with Gasteiger partial charge in [-0.3, -0.25) is 0 Å². The Morgan fingerprint density at radius 3 is 1.43 bits per heavy atom. The van der Waals surface area contributed by atoms with E-state index in [9.17, 15) is 0 Å². The number of rotatable bonds is 0. The van der Waals surface area contributed by atoms with Crippen LogP contribution in [0.1, 0.15) is 0 Å². The molecule has 0 atom stereocenters. The molecule has 7 aromatic rings. The number of aromatic nitrogens is 8. The van der Waals surface area contributed by atoms with Crippen LogP contribution in [0.15, 0.2) is 97.1 Å². The normalized spacial score (nSPS) is 11.7. The van der Waals surface area contributed by atoms with Gasteiger partial charge in [0.25, 0.3) is 0 Å². The molecule has 9 rings (SSSR count). The van der Waals surface area contributed by atoms with Gasteiger partial charge in [-0.05, 0) is 10.8 Å². The molecular weight excluding hydrogens is 572 g/mol. The maximum absolute atomic E-state index is 5.04. The van der Waals surface area contributed by atoms with Crippen molar-refractivity contribution >= 4 is 44.1 Å². The molecule has 3 aromatic heterocycles. The van der Waals surface area contributed by atoms with Crippen molar-refractivity contribution in [2.24, 2.45) is 7.05 Å². The molecule has 2 aliphatic rings. The van der Waals surface area contributed by atoms with Crippen LogP contribution in [-0.4, -0.2) is 24.9 Å². The standard InChI is InChI=1S/C33H19N8.Cu/c1-41-32-24-16-8-6-14-22(24)30(39-32)37-28-20-12-4-2-10-18(20)26(35-28)34-27-19-11-3-5-13-21(19)29(36-27)38-31-23-15-7-9-17-25(23)33(41)40-31;/h2-17H,1H3;/q-1;+2. The summed E-state index contributed by atoms with van der Waals surface area (Å²) in [7, 11) is 1.99. The van der Waals surface area contributed by atoms with Crippen LogP contribution in [0, 0.1) is 0 Å². The first-order valence-electron chi connectivity index (χ1n) is 13.3. The number of hydrogen-bond acceptors (Lipinski definition) is 5. The molecule has 1 radical (unpaired) electrons. The Labute approximate surface area is 249 Å². The van der Waals surface area contributed by atoms with Gasteiger partial charge in [-0.1, -0.05) is 97.1 Å². The molecule has 0 saturated carbocycles. The fraction of sp³-hybridized carbons (Fsp3) is 0.0303. The summed E-state index contributed by atoms with van der Waals surface area (Å²) in [5, 5.41) is 3.74. The molecule has 0 unspecified atom stereocenters. The molecule has 8 bridgehead atoms. The van der Waals surface area contributed by atoms with Gasteiger partial charge in [0.15, 0.2) is 11.5 Å². The SMILES string of the molecule is C[n+]1c2nc(nc3[n-]c(nc4nc(nc5[n-]c1c1ccccc51)-c1ccccc1-4)c1ccccc31)-c1ccccc1-2.[Cu+2]. The van der Waals surface area contributed by atoms with E-state index in [2.05, 4.69) is 12.1 Å². The Hall–Kier alpha value is -5.24. The van der Waals surface area contributed by atoms with Crippen molar-refractivity contribution in [3.8, 4) is 45.6 Å². The second-order valence-electron chi connectivity index (χ2n) is 10.1. The summed E-state index contributed by atoms with van der Waals surface area (Å²) in [4.78, 5) is 34.9. The smallest absolute Gasteiger partial charge is 0.357 e. The molecule has 4 aromatic carbocycles. The third kappa shape index (κ3) is 3.48. The minimum atomic E-state index is 0. The van der Waals surface area contributed by atoms with Crippen molar-refractivity contribution in [2.75, 3.05) is 0 Å². The van der Waals surface area contributed by atoms with Gasteiger partial charge < -0.3 is 19.5 Å². The average Bonchev–Trinajstić information content (AvgIpc) is 3.76. The molecule has 2 aliphatic heterocycles. The van der Waals surface area contributed by atoms with Gasteiger partial charge in [0.2, 0.25) is 0 Å². The summed E-state index contributed by atoms with van der Waals surface area (Å²) in [6.45, 7) is 0. The third-order valence-corrected chi connectivity index (χ3v) is 7.75. The third-order valence-electron chi connectivity index (χ3n) is 7.75. The van der Waals surface area contributed by atoms with E-state index in [4.69, 9.17) is 34.9 Å². The summed E-state index contributed by atoms with van der Waals surface area (Å²) in [5.41, 5.74) is 6.24. The topological polar surface area (TPSA) is 96.5 Å². The molecule has 0 saturated heterocycles. The molecule has 0 amide bonds. The minimum absolute atomic E-state index is 0. The van der Waals surface area contributed by atoms with Gasteiger partial charge in [0, 0.05) is 51.4 Å². The Bertz CT molecular complexity index is 2410. The molecule has 42 heavy (non-hydrogen) atoms. The maximum atomic E-state index is 5.04. The van der Waals surface area contributed by atoms with Crippen LogP contribution in [0.25, 0.3) is 89.7 Å². The Balaban J connectivity index is 0.00000267. The number of benzene rings is 4. The average molecular weight is 591 g/mol. The number of fused-ring (bicyclic) bond motifs is 20. The number of hydrogen-bond donors (Lipinski definition) is 0. The molecular formula is C33H19CuN8+. The van der Waals surface area contributed by atoms with E-state index < -0.39 is 0 Å². The van der Waals surface area contributed by atoms with Crippen LogP contribution in [0.5, 0.6) is 0 Å². The summed E-state index contributed by atoms with van der Waals surface area (Å²) in [6.07, 6.45) is 0. The fourth-order valence-corrected chi connectivity index (χ4v) is 5.80. The molecule has 0 aliphatic carbocycles. The predicted octanol–water partition coefficient (Wildman–Crippen LogP) is 5.55. The van der Waals surface area contributed by atoms with Crippen LogP contribution in [0.4, 0.5) is 0 Å². The van der Waals surface area contributed by atoms with E-state index in [1.165, 1.54) is 0 Å². The van der Waals surface area contributed by atoms with Crippen LogP contribution < -0.4 is 14.5 Å². The van der Waals surface area contributed by atoms with Crippen LogP contribution >= 0.6 is 0 Å². The van der Waals surface area contributed by atoms with Crippen molar-refractivity contribution in [1.82, 2.24) is 34.9 Å². The number of aryl methyl sites for hydroxylation is 1. The summed E-state index contributed by atoms with van der Waals surface area (Å²) < 4.78 is 2.02. The zero-order valence-electron chi connectivity index (χ0n) is 22.1. The van der Waals surface area contributed by atoms with Gasteiger partial charge in [-0.15, -0.1) is 0 Å². The van der Waals surface area contributed by atoms with Crippen molar-refractivity contribution in [1.29, 1.82) is 0 Å². The fourth-order valence-electron chi connectivity index (χ4n) is 5.80. The van der Waals surface area contributed by atoms with E-state index >= 15 is 0 Å². The van der Waals surface area contributed by atoms with Gasteiger partial charge in [0.05, 0.1) is 11.6 Å². The van der Waals surface area contributed by atoms with Crippen molar-refractivity contribution in [3.05, 3.63) is 97.1 Å². The largest absolute Gasteiger partial charge is 2.00 e. The first-order chi connectivity index (χ1) is 20.2. The van der Waals surface area contributed by atoms with Crippen LogP contribution in [0.2, 0.25) is 0 Å². The monoisotopic (exact) mass is 590 g/mol. The van der Waals surface area contributed by atoms with E-state index in [1.54, 1.807) is 0 Å². The molecule has 5 heterocycles. The molecule has 8 nitrogen and oxygen atoms in total. The summed E-state index contributed by atoms with van der Waals surface area (Å²) in [6, 6.07) is 32.3. The Kier molecular flexibility index (Phi) is 5.34. The first kappa shape index (κ1) is 24.5. The quantitative estimate of drug-likeness (QED) is 0.169. The molecule has 0 fully saturated rings. The van der Waals surface area contributed by atoms with Crippen molar-refractivity contribution < 1.29 is 21.6 Å². The summed E-state index contributed by atoms with van der Waals surface area (Å²) in [5.74, 6) is 2.50. The van der Waals surface area contributed by atoms with Gasteiger partial charge in [-0.25, -0.2) is 19.9 Å². The van der Waals surface area contributed by atoms with E-state index in [0.717, 1.165) is 55.3 Å². The van der Waals surface area contributed by atoms with Gasteiger partial charge in [0.1, 0.15) is 11.5 Å². The Morgan fingerprint density at radius 2 is 0.857 bits per heavy atom. The minimum Gasteiger partial charge on any atom is -0.357 e. The predicted molar refractivity (Wildman–Crippen MR) is 157 cm³/mol. The first-order valence-corrected chi connectivity index (χ1v) is 13.3. The number of nitrogens with zero attached hydrogens (tertiary/aromatic N) is 8. The van der Waals surface area contributed by atoms with Crippen molar-refractivity contribution in [3.63, 3.8) is 0 Å². The van der Waals surface area contributed by atoms with Crippen molar-refractivity contribution in [2.45, 2.75) is 0 Å². The maximum Gasteiger partial charge on any atom is 2.00 e. The second kappa shape index (κ2) is 9.14. The van der Waals surface area contributed by atoms with Gasteiger partial charge >= 0.3 is 17.1 Å². The van der Waals surface area contributed by atoms with E-state index in [-0.39, 0.29) is 17.1 Å². The van der Waals surface area contributed by atoms with Crippen LogP contribution in [-0.2, 0) is 24.1 Å². The summed E-state index contributed by atoms with van der Waals surface area (Å²) >= 11 is 0. The Morgan fingerprint density at radius 1 is 0.452 bits per heavy atom. The molecule has 0 N–H and O–H groups in total. The molecule has 0 spiro atoms. The van der Waals surface area contributed by atoms with Gasteiger partial charge in [-0.2, -0.15) is 0 Å². The van der Waals surface area contributed by atoms with E-state index in [1.807, 2.05) is 96.5 Å². The second-order valence-corrected chi connectivity index (χ2v) is 10.1. The molecule has 201 valence electrons. The zero-order valence-corrected chi connectivity index (χ0v) is 23.1.